The van der Waals surface area contributed by atoms with Gasteiger partial charge in [-0.3, -0.25) is 0 Å². The maximum Gasteiger partial charge on any atom is 0.519 e. The summed E-state index contributed by atoms with van der Waals surface area (Å²) in [6, 6.07) is 28.5. The molecular weight excluding hydrogens is 456 g/mol. The summed E-state index contributed by atoms with van der Waals surface area (Å²) >= 11 is 0. The number of rotatable bonds is 4. The number of hydrogen-bond acceptors (Lipinski definition) is 6. The highest BCUT2D eigenvalue weighted by atomic mass is 16.7. The fraction of sp³-hybridized carbons (Fsp3) is 0.0667. The second-order valence-corrected chi connectivity index (χ2v) is 8.24. The zero-order valence-electron chi connectivity index (χ0n) is 19.7. The smallest absolute Gasteiger partial charge is 0.395 e. The third-order valence-electron chi connectivity index (χ3n) is 5.63. The zero-order chi connectivity index (χ0) is 25.1. The van der Waals surface area contributed by atoms with E-state index in [0.717, 1.165) is 11.1 Å². The highest BCUT2D eigenvalue weighted by Crippen LogP contribution is 2.45. The molecule has 5 rings (SSSR count). The first-order valence-corrected chi connectivity index (χ1v) is 11.3. The largest absolute Gasteiger partial charge is 0.519 e. The van der Waals surface area contributed by atoms with Crippen LogP contribution < -0.4 is 18.9 Å². The Balaban J connectivity index is 1.61. The number of hydrogen-bond donors (Lipinski definition) is 0. The highest BCUT2D eigenvalue weighted by Gasteiger charge is 2.23. The molecule has 0 aromatic heterocycles. The summed E-state index contributed by atoms with van der Waals surface area (Å²) in [6.45, 7) is 3.85. The standard InChI is InChI=1S/C30H22O6/c1-19-17-20(2)26-25(18-19)27(35-29(31)33-21-11-5-3-6-12-21)23-15-9-10-16-24(23)28(26)36-30(32)34-22-13-7-4-8-14-22/h3-18H,1-2H3. The molecule has 0 aliphatic heterocycles. The van der Waals surface area contributed by atoms with Crippen molar-refractivity contribution >= 4 is 33.9 Å². The van der Waals surface area contributed by atoms with Crippen molar-refractivity contribution in [3.63, 3.8) is 0 Å². The molecule has 0 bridgehead atoms. The number of benzene rings is 5. The highest BCUT2D eigenvalue weighted by molar-refractivity contribution is 6.13. The molecule has 0 atom stereocenters. The predicted molar refractivity (Wildman–Crippen MR) is 137 cm³/mol. The van der Waals surface area contributed by atoms with E-state index in [9.17, 15) is 9.59 Å². The van der Waals surface area contributed by atoms with Gasteiger partial charge < -0.3 is 18.9 Å². The predicted octanol–water partition coefficient (Wildman–Crippen LogP) is 7.77. The molecule has 0 amide bonds. The van der Waals surface area contributed by atoms with E-state index >= 15 is 0 Å². The summed E-state index contributed by atoms with van der Waals surface area (Å²) in [4.78, 5) is 25.5. The Morgan fingerprint density at radius 1 is 0.528 bits per heavy atom. The minimum atomic E-state index is -0.871. The van der Waals surface area contributed by atoms with E-state index in [0.29, 0.717) is 44.5 Å². The van der Waals surface area contributed by atoms with Crippen molar-refractivity contribution in [2.45, 2.75) is 13.8 Å². The monoisotopic (exact) mass is 478 g/mol. The maximum absolute atomic E-state index is 12.8. The van der Waals surface area contributed by atoms with Crippen molar-refractivity contribution in [1.29, 1.82) is 0 Å². The molecule has 0 radical (unpaired) electrons. The van der Waals surface area contributed by atoms with Crippen LogP contribution in [0.4, 0.5) is 9.59 Å². The van der Waals surface area contributed by atoms with E-state index in [1.165, 1.54) is 0 Å². The Morgan fingerprint density at radius 2 is 1.00 bits per heavy atom. The van der Waals surface area contributed by atoms with Gasteiger partial charge in [-0.1, -0.05) is 72.3 Å². The summed E-state index contributed by atoms with van der Waals surface area (Å²) in [5.74, 6) is 1.37. The SMILES string of the molecule is Cc1cc(C)c2c(OC(=O)Oc3ccccc3)c3ccccc3c(OC(=O)Oc3ccccc3)c2c1. The van der Waals surface area contributed by atoms with Gasteiger partial charge in [0.2, 0.25) is 0 Å². The van der Waals surface area contributed by atoms with E-state index in [1.54, 1.807) is 60.7 Å². The van der Waals surface area contributed by atoms with Crippen LogP contribution in [0.25, 0.3) is 21.5 Å². The van der Waals surface area contributed by atoms with Gasteiger partial charge in [-0.15, -0.1) is 0 Å². The van der Waals surface area contributed by atoms with Crippen molar-refractivity contribution < 1.29 is 28.5 Å². The molecule has 5 aromatic rings. The van der Waals surface area contributed by atoms with Crippen molar-refractivity contribution in [3.8, 4) is 23.0 Å². The van der Waals surface area contributed by atoms with Crippen LogP contribution in [0.15, 0.2) is 97.1 Å². The van der Waals surface area contributed by atoms with Gasteiger partial charge in [-0.25, -0.2) is 9.59 Å². The molecule has 5 aromatic carbocycles. The molecule has 0 heterocycles. The minimum absolute atomic E-state index is 0.317. The molecule has 178 valence electrons. The van der Waals surface area contributed by atoms with Gasteiger partial charge in [0.15, 0.2) is 11.5 Å². The summed E-state index contributed by atoms with van der Waals surface area (Å²) < 4.78 is 22.3. The number of fused-ring (bicyclic) bond motifs is 2. The lowest BCUT2D eigenvalue weighted by Crippen LogP contribution is -2.16. The lowest BCUT2D eigenvalue weighted by molar-refractivity contribution is 0.151. The molecule has 0 fully saturated rings. The number of carbonyl (C=O) groups excluding carboxylic acids is 2. The molecule has 0 unspecified atom stereocenters. The quantitative estimate of drug-likeness (QED) is 0.149. The van der Waals surface area contributed by atoms with Gasteiger partial charge >= 0.3 is 12.3 Å². The van der Waals surface area contributed by atoms with Crippen molar-refractivity contribution in [2.75, 3.05) is 0 Å². The Kier molecular flexibility index (Phi) is 6.24. The molecule has 6 nitrogen and oxygen atoms in total. The minimum Gasteiger partial charge on any atom is -0.395 e. The maximum atomic E-state index is 12.8. The zero-order valence-corrected chi connectivity index (χ0v) is 19.7. The first-order chi connectivity index (χ1) is 17.5. The average Bonchev–Trinajstić information content (AvgIpc) is 2.87. The average molecular weight is 479 g/mol. The summed E-state index contributed by atoms with van der Waals surface area (Å²) in [7, 11) is 0. The van der Waals surface area contributed by atoms with Crippen LogP contribution in [0.1, 0.15) is 11.1 Å². The third-order valence-corrected chi connectivity index (χ3v) is 5.63. The molecule has 0 N–H and O–H groups in total. The van der Waals surface area contributed by atoms with Gasteiger partial charge in [-0.2, -0.15) is 0 Å². The van der Waals surface area contributed by atoms with E-state index < -0.39 is 12.3 Å². The fourth-order valence-electron chi connectivity index (χ4n) is 4.20. The first-order valence-electron chi connectivity index (χ1n) is 11.3. The second-order valence-electron chi connectivity index (χ2n) is 8.24. The van der Waals surface area contributed by atoms with Gasteiger partial charge in [0.1, 0.15) is 11.5 Å². The molecule has 6 heteroatoms. The van der Waals surface area contributed by atoms with Gasteiger partial charge in [0, 0.05) is 21.5 Å². The Bertz CT molecular complexity index is 1580. The molecule has 0 aliphatic carbocycles. The van der Waals surface area contributed by atoms with Crippen LogP contribution >= 0.6 is 0 Å². The molecule has 36 heavy (non-hydrogen) atoms. The summed E-state index contributed by atoms with van der Waals surface area (Å²) in [5, 5.41) is 2.41. The fourth-order valence-corrected chi connectivity index (χ4v) is 4.20. The third kappa shape index (κ3) is 4.70. The van der Waals surface area contributed by atoms with Crippen LogP contribution in [0.5, 0.6) is 23.0 Å². The van der Waals surface area contributed by atoms with Gasteiger partial charge in [0.25, 0.3) is 0 Å². The lowest BCUT2D eigenvalue weighted by atomic mass is 9.95. The molecule has 0 spiro atoms. The molecule has 0 saturated carbocycles. The second kappa shape index (κ2) is 9.80. The van der Waals surface area contributed by atoms with E-state index in [-0.39, 0.29) is 0 Å². The van der Waals surface area contributed by atoms with E-state index in [2.05, 4.69) is 0 Å². The van der Waals surface area contributed by atoms with Crippen LogP contribution in [0.3, 0.4) is 0 Å². The Labute approximate surface area is 207 Å². The Hall–Kier alpha value is -4.84. The summed E-state index contributed by atoms with van der Waals surface area (Å²) in [6.07, 6.45) is -1.74. The number of aryl methyl sites for hydroxylation is 2. The first kappa shape index (κ1) is 22.9. The van der Waals surface area contributed by atoms with Gasteiger partial charge in [0.05, 0.1) is 0 Å². The van der Waals surface area contributed by atoms with Crippen LogP contribution in [0.2, 0.25) is 0 Å². The lowest BCUT2D eigenvalue weighted by Gasteiger charge is -2.18. The number of ether oxygens (including phenoxy) is 4. The van der Waals surface area contributed by atoms with Crippen molar-refractivity contribution in [1.82, 2.24) is 0 Å². The van der Waals surface area contributed by atoms with E-state index in [4.69, 9.17) is 18.9 Å². The number of carbonyl (C=O) groups is 2. The van der Waals surface area contributed by atoms with E-state index in [1.807, 2.05) is 50.2 Å². The van der Waals surface area contributed by atoms with Crippen LogP contribution in [0, 0.1) is 13.8 Å². The summed E-state index contributed by atoms with van der Waals surface area (Å²) in [5.41, 5.74) is 1.80. The normalized spacial score (nSPS) is 10.7. The molecule has 0 saturated heterocycles. The Morgan fingerprint density at radius 3 is 1.56 bits per heavy atom. The molecular formula is C30H22O6. The number of para-hydroxylation sites is 2. The van der Waals surface area contributed by atoms with Crippen LogP contribution in [-0.2, 0) is 0 Å². The van der Waals surface area contributed by atoms with Crippen molar-refractivity contribution in [2.24, 2.45) is 0 Å². The van der Waals surface area contributed by atoms with Crippen molar-refractivity contribution in [3.05, 3.63) is 108 Å². The topological polar surface area (TPSA) is 71.1 Å². The molecule has 0 aliphatic rings. The van der Waals surface area contributed by atoms with Gasteiger partial charge in [-0.05, 0) is 49.7 Å². The van der Waals surface area contributed by atoms with Crippen LogP contribution in [-0.4, -0.2) is 12.3 Å².